The van der Waals surface area contributed by atoms with Crippen molar-refractivity contribution < 1.29 is 0 Å². The lowest BCUT2D eigenvalue weighted by atomic mass is 10.4. The molecule has 4 nitrogen and oxygen atoms in total. The lowest BCUT2D eigenvalue weighted by molar-refractivity contribution is 0.661. The zero-order chi connectivity index (χ0) is 9.10. The predicted molar refractivity (Wildman–Crippen MR) is 48.9 cm³/mol. The summed E-state index contributed by atoms with van der Waals surface area (Å²) in [6.07, 6.45) is 5.35. The van der Waals surface area contributed by atoms with Crippen LogP contribution in [0.15, 0.2) is 30.7 Å². The fourth-order valence-electron chi connectivity index (χ4n) is 1.09. The Morgan fingerprint density at radius 2 is 2.08 bits per heavy atom. The van der Waals surface area contributed by atoms with Crippen LogP contribution in [0, 0.1) is 0 Å². The maximum absolute atomic E-state index is 4.29. The van der Waals surface area contributed by atoms with Crippen molar-refractivity contribution in [2.45, 2.75) is 13.5 Å². The number of hydrogen-bond donors (Lipinski definition) is 0. The van der Waals surface area contributed by atoms with E-state index in [1.807, 2.05) is 23.9 Å². The molecule has 0 unspecified atom stereocenters. The molecule has 0 saturated heterocycles. The molecule has 2 heterocycles. The molecule has 0 fully saturated rings. The Labute approximate surface area is 76.3 Å². The largest absolute Gasteiger partial charge is 0.272 e. The predicted octanol–water partition coefficient (Wildman–Crippen LogP) is 1.36. The summed E-state index contributed by atoms with van der Waals surface area (Å²) >= 11 is 0. The molecule has 0 atom stereocenters. The van der Waals surface area contributed by atoms with Crippen LogP contribution in [0.2, 0.25) is 0 Å². The highest BCUT2D eigenvalue weighted by Gasteiger charge is 2.02. The van der Waals surface area contributed by atoms with Crippen LogP contribution >= 0.6 is 0 Å². The minimum absolute atomic E-state index is 0.676. The molecule has 0 saturated carbocycles. The molecule has 0 amide bonds. The van der Waals surface area contributed by atoms with Crippen LogP contribution in [-0.2, 0) is 6.54 Å². The SMILES string of the molecule is CCn1ccc(-c2ncccn2)n1. The molecule has 66 valence electrons. The summed E-state index contributed by atoms with van der Waals surface area (Å²) in [5.74, 6) is 0.676. The quantitative estimate of drug-likeness (QED) is 0.690. The van der Waals surface area contributed by atoms with Crippen molar-refractivity contribution in [1.29, 1.82) is 0 Å². The number of aryl methyl sites for hydroxylation is 1. The molecular weight excluding hydrogens is 164 g/mol. The molecule has 0 N–H and O–H groups in total. The van der Waals surface area contributed by atoms with Gasteiger partial charge in [-0.2, -0.15) is 5.10 Å². The van der Waals surface area contributed by atoms with E-state index in [1.54, 1.807) is 18.5 Å². The third-order valence-corrected chi connectivity index (χ3v) is 1.76. The Morgan fingerprint density at radius 3 is 2.69 bits per heavy atom. The van der Waals surface area contributed by atoms with E-state index in [-0.39, 0.29) is 0 Å². The van der Waals surface area contributed by atoms with E-state index in [0.717, 1.165) is 12.2 Å². The van der Waals surface area contributed by atoms with Gasteiger partial charge in [-0.15, -0.1) is 0 Å². The van der Waals surface area contributed by atoms with E-state index in [1.165, 1.54) is 0 Å². The van der Waals surface area contributed by atoms with Gasteiger partial charge in [-0.05, 0) is 19.1 Å². The molecule has 0 aliphatic carbocycles. The van der Waals surface area contributed by atoms with Gasteiger partial charge in [-0.1, -0.05) is 0 Å². The molecule has 2 aromatic heterocycles. The van der Waals surface area contributed by atoms with Crippen LogP contribution in [-0.4, -0.2) is 19.7 Å². The molecular formula is C9H10N4. The summed E-state index contributed by atoms with van der Waals surface area (Å²) < 4.78 is 1.85. The van der Waals surface area contributed by atoms with Crippen LogP contribution < -0.4 is 0 Å². The van der Waals surface area contributed by atoms with Crippen molar-refractivity contribution in [2.24, 2.45) is 0 Å². The van der Waals surface area contributed by atoms with Crippen molar-refractivity contribution in [3.05, 3.63) is 30.7 Å². The summed E-state index contributed by atoms with van der Waals surface area (Å²) in [6.45, 7) is 2.91. The van der Waals surface area contributed by atoms with Gasteiger partial charge in [0.15, 0.2) is 5.82 Å². The van der Waals surface area contributed by atoms with Gasteiger partial charge in [0.2, 0.25) is 0 Å². The minimum atomic E-state index is 0.676. The Hall–Kier alpha value is -1.71. The summed E-state index contributed by atoms with van der Waals surface area (Å²) in [5.41, 5.74) is 0.822. The smallest absolute Gasteiger partial charge is 0.179 e. The van der Waals surface area contributed by atoms with E-state index < -0.39 is 0 Å². The Bertz CT molecular complexity index is 380. The molecule has 0 aliphatic rings. The van der Waals surface area contributed by atoms with Crippen molar-refractivity contribution in [1.82, 2.24) is 19.7 Å². The fourth-order valence-corrected chi connectivity index (χ4v) is 1.09. The molecule has 0 aliphatic heterocycles. The summed E-state index contributed by atoms with van der Waals surface area (Å²) in [4.78, 5) is 8.22. The van der Waals surface area contributed by atoms with E-state index in [9.17, 15) is 0 Å². The van der Waals surface area contributed by atoms with Crippen molar-refractivity contribution >= 4 is 0 Å². The normalized spacial score (nSPS) is 10.2. The van der Waals surface area contributed by atoms with Crippen LogP contribution in [0.3, 0.4) is 0 Å². The second kappa shape index (κ2) is 3.35. The maximum atomic E-state index is 4.29. The van der Waals surface area contributed by atoms with Crippen molar-refractivity contribution in [3.63, 3.8) is 0 Å². The van der Waals surface area contributed by atoms with E-state index in [0.29, 0.717) is 5.82 Å². The van der Waals surface area contributed by atoms with Crippen molar-refractivity contribution in [3.8, 4) is 11.5 Å². The minimum Gasteiger partial charge on any atom is -0.272 e. The highest BCUT2D eigenvalue weighted by molar-refractivity contribution is 5.46. The lowest BCUT2D eigenvalue weighted by Crippen LogP contribution is -1.95. The first-order chi connectivity index (χ1) is 6.40. The first-order valence-corrected chi connectivity index (χ1v) is 4.21. The third kappa shape index (κ3) is 1.56. The summed E-state index contributed by atoms with van der Waals surface area (Å²) in [5, 5.41) is 4.29. The monoisotopic (exact) mass is 174 g/mol. The summed E-state index contributed by atoms with van der Waals surface area (Å²) in [7, 11) is 0. The fraction of sp³-hybridized carbons (Fsp3) is 0.222. The molecule has 0 radical (unpaired) electrons. The van der Waals surface area contributed by atoms with Gasteiger partial charge >= 0.3 is 0 Å². The third-order valence-electron chi connectivity index (χ3n) is 1.76. The maximum Gasteiger partial charge on any atom is 0.179 e. The van der Waals surface area contributed by atoms with Gasteiger partial charge in [0, 0.05) is 25.1 Å². The van der Waals surface area contributed by atoms with Gasteiger partial charge in [-0.3, -0.25) is 4.68 Å². The number of rotatable bonds is 2. The molecule has 4 heteroatoms. The standard InChI is InChI=1S/C9H10N4/c1-2-13-7-4-8(12-13)9-10-5-3-6-11-9/h3-7H,2H2,1H3. The first-order valence-electron chi connectivity index (χ1n) is 4.21. The topological polar surface area (TPSA) is 43.6 Å². The van der Waals surface area contributed by atoms with Crippen molar-refractivity contribution in [2.75, 3.05) is 0 Å². The zero-order valence-corrected chi connectivity index (χ0v) is 7.38. The number of nitrogens with zero attached hydrogens (tertiary/aromatic N) is 4. The van der Waals surface area contributed by atoms with Crippen LogP contribution in [0.25, 0.3) is 11.5 Å². The number of aromatic nitrogens is 4. The van der Waals surface area contributed by atoms with E-state index in [2.05, 4.69) is 15.1 Å². The van der Waals surface area contributed by atoms with Gasteiger partial charge in [0.05, 0.1) is 0 Å². The molecule has 0 spiro atoms. The number of hydrogen-bond acceptors (Lipinski definition) is 3. The van der Waals surface area contributed by atoms with Crippen LogP contribution in [0.5, 0.6) is 0 Å². The lowest BCUT2D eigenvalue weighted by Gasteiger charge is -1.93. The average Bonchev–Trinajstić information content (AvgIpc) is 2.67. The van der Waals surface area contributed by atoms with Crippen LogP contribution in [0.4, 0.5) is 0 Å². The average molecular weight is 174 g/mol. The van der Waals surface area contributed by atoms with Gasteiger partial charge in [0.1, 0.15) is 5.69 Å². The highest BCUT2D eigenvalue weighted by atomic mass is 15.3. The molecule has 2 aromatic rings. The summed E-state index contributed by atoms with van der Waals surface area (Å²) in [6, 6.07) is 3.71. The highest BCUT2D eigenvalue weighted by Crippen LogP contribution is 2.09. The molecule has 0 aromatic carbocycles. The molecule has 0 bridgehead atoms. The Balaban J connectivity index is 2.36. The van der Waals surface area contributed by atoms with Crippen LogP contribution in [0.1, 0.15) is 6.92 Å². The second-order valence-corrected chi connectivity index (χ2v) is 2.63. The second-order valence-electron chi connectivity index (χ2n) is 2.63. The zero-order valence-electron chi connectivity index (χ0n) is 7.38. The van der Waals surface area contributed by atoms with E-state index >= 15 is 0 Å². The van der Waals surface area contributed by atoms with Gasteiger partial charge in [0.25, 0.3) is 0 Å². The molecule has 13 heavy (non-hydrogen) atoms. The van der Waals surface area contributed by atoms with E-state index in [4.69, 9.17) is 0 Å². The first kappa shape index (κ1) is 7.91. The van der Waals surface area contributed by atoms with Gasteiger partial charge in [-0.25, -0.2) is 9.97 Å². The molecule has 2 rings (SSSR count). The Kier molecular flexibility index (Phi) is 2.04. The Morgan fingerprint density at radius 1 is 1.31 bits per heavy atom. The van der Waals surface area contributed by atoms with Gasteiger partial charge < -0.3 is 0 Å².